The van der Waals surface area contributed by atoms with E-state index in [0.29, 0.717) is 0 Å². The quantitative estimate of drug-likeness (QED) is 0.230. The molecular weight excluding hydrogens is 380 g/mol. The van der Waals surface area contributed by atoms with Gasteiger partial charge in [0.05, 0.1) is 24.5 Å². The minimum Gasteiger partial charge on any atom is -0.508 e. The molecule has 2 unspecified atom stereocenters. The van der Waals surface area contributed by atoms with Gasteiger partial charge >= 0.3 is 0 Å². The maximum absolute atomic E-state index is 13.4. The average Bonchev–Trinajstić information content (AvgIpc) is 2.69. The highest BCUT2D eigenvalue weighted by molar-refractivity contribution is 6.22. The first-order valence-corrected chi connectivity index (χ1v) is 9.53. The molecule has 1 saturated heterocycles. The van der Waals surface area contributed by atoms with Crippen LogP contribution in [0.2, 0.25) is 0 Å². The molecule has 3 aliphatic carbocycles. The second-order valence-electron chi connectivity index (χ2n) is 8.43. The predicted octanol–water partition coefficient (Wildman–Crippen LogP) is 0.572. The standard InChI is InChI=1S/C21H28O8/c1-5-6-7-8-12(23)14-15-19(3,26)17(25)18(2,16(14)24)13-9-20(10-22,28-4)29-11-21(13,15)27/h5-8,13,15,22-23,26-27H,9-11H2,1-4H3/b6-5+,8-7+,14-12-/t13?,15-,18+,19?,20-,21+/m0/s1. The molecule has 29 heavy (non-hydrogen) atoms. The smallest absolute Gasteiger partial charge is 0.191 e. The summed E-state index contributed by atoms with van der Waals surface area (Å²) in [4.78, 5) is 26.6. The molecule has 1 aliphatic heterocycles. The van der Waals surface area contributed by atoms with Crippen molar-refractivity contribution in [2.75, 3.05) is 20.3 Å². The molecule has 0 aromatic rings. The molecule has 3 saturated carbocycles. The van der Waals surface area contributed by atoms with Crippen LogP contribution in [0.3, 0.4) is 0 Å². The fraction of sp³-hybridized carbons (Fsp3) is 0.619. The third-order valence-corrected chi connectivity index (χ3v) is 6.83. The molecule has 2 bridgehead atoms. The highest BCUT2D eigenvalue weighted by atomic mass is 16.7. The molecule has 0 radical (unpaired) electrons. The highest BCUT2D eigenvalue weighted by Gasteiger charge is 2.78. The molecule has 0 aromatic carbocycles. The third-order valence-electron chi connectivity index (χ3n) is 6.83. The number of Topliss-reactive ketones (excluding diaryl/α,β-unsaturated/α-hetero) is 2. The van der Waals surface area contributed by atoms with Crippen LogP contribution in [0.5, 0.6) is 0 Å². The summed E-state index contributed by atoms with van der Waals surface area (Å²) in [5.74, 6) is -5.64. The van der Waals surface area contributed by atoms with Crippen molar-refractivity contribution >= 4 is 11.6 Å². The Balaban J connectivity index is 2.24. The van der Waals surface area contributed by atoms with Gasteiger partial charge in [-0.3, -0.25) is 9.59 Å². The van der Waals surface area contributed by atoms with Gasteiger partial charge in [-0.05, 0) is 26.8 Å². The van der Waals surface area contributed by atoms with E-state index in [4.69, 9.17) is 9.47 Å². The second kappa shape index (κ2) is 6.85. The molecule has 1 heterocycles. The molecule has 4 aliphatic rings. The number of carbonyl (C=O) groups excluding carboxylic acids is 2. The fourth-order valence-electron chi connectivity index (χ4n) is 5.32. The maximum Gasteiger partial charge on any atom is 0.191 e. The Labute approximate surface area is 169 Å². The molecule has 0 spiro atoms. The zero-order valence-corrected chi connectivity index (χ0v) is 17.0. The molecule has 6 atom stereocenters. The SMILES string of the molecule is C/C=C/C=C/C(O)=C1/C(=O)[C@]2(C)C(=O)C(C)(O)[C@H]1[C@@]1(O)CO[C@@](CO)(OC)CC21. The van der Waals surface area contributed by atoms with Crippen molar-refractivity contribution in [1.29, 1.82) is 0 Å². The molecular formula is C21H28O8. The number of hydrogen-bond donors (Lipinski definition) is 4. The molecule has 8 nitrogen and oxygen atoms in total. The summed E-state index contributed by atoms with van der Waals surface area (Å²) in [7, 11) is 1.33. The summed E-state index contributed by atoms with van der Waals surface area (Å²) in [6.45, 7) is 3.46. The number of hydrogen-bond acceptors (Lipinski definition) is 8. The molecule has 4 N–H and O–H groups in total. The van der Waals surface area contributed by atoms with Gasteiger partial charge in [-0.25, -0.2) is 0 Å². The van der Waals surface area contributed by atoms with Crippen molar-refractivity contribution in [3.63, 3.8) is 0 Å². The largest absolute Gasteiger partial charge is 0.508 e. The van der Waals surface area contributed by atoms with E-state index in [1.165, 1.54) is 33.1 Å². The fourth-order valence-corrected chi connectivity index (χ4v) is 5.32. The Hall–Kier alpha value is -1.84. The van der Waals surface area contributed by atoms with E-state index in [0.717, 1.165) is 0 Å². The monoisotopic (exact) mass is 408 g/mol. The summed E-state index contributed by atoms with van der Waals surface area (Å²) >= 11 is 0. The van der Waals surface area contributed by atoms with Crippen LogP contribution in [0.25, 0.3) is 0 Å². The van der Waals surface area contributed by atoms with Crippen molar-refractivity contribution < 1.29 is 39.5 Å². The zero-order valence-electron chi connectivity index (χ0n) is 17.0. The molecule has 4 fully saturated rings. The molecule has 0 aromatic heterocycles. The van der Waals surface area contributed by atoms with E-state index in [1.807, 2.05) is 0 Å². The first kappa shape index (κ1) is 21.9. The summed E-state index contributed by atoms with van der Waals surface area (Å²) in [6.07, 6.45) is 6.04. The van der Waals surface area contributed by atoms with Gasteiger partial charge < -0.3 is 29.9 Å². The number of allylic oxidation sites excluding steroid dienone is 4. The Kier molecular flexibility index (Phi) is 5.16. The number of aliphatic hydroxyl groups excluding tert-OH is 2. The number of ether oxygens (including phenoxy) is 2. The summed E-state index contributed by atoms with van der Waals surface area (Å²) in [5, 5.41) is 43.1. The summed E-state index contributed by atoms with van der Waals surface area (Å²) in [5.41, 5.74) is -5.95. The van der Waals surface area contributed by atoms with Crippen LogP contribution >= 0.6 is 0 Å². The van der Waals surface area contributed by atoms with Crippen LogP contribution < -0.4 is 0 Å². The Bertz CT molecular complexity index is 819. The van der Waals surface area contributed by atoms with Crippen molar-refractivity contribution in [2.24, 2.45) is 17.3 Å². The van der Waals surface area contributed by atoms with Crippen molar-refractivity contribution in [2.45, 2.75) is 44.2 Å². The van der Waals surface area contributed by atoms with E-state index in [1.54, 1.807) is 19.1 Å². The number of fused-ring (bicyclic) bond motifs is 2. The van der Waals surface area contributed by atoms with Crippen LogP contribution in [0.4, 0.5) is 0 Å². The number of rotatable bonds is 4. The van der Waals surface area contributed by atoms with Crippen LogP contribution in [-0.2, 0) is 19.1 Å². The topological polar surface area (TPSA) is 134 Å². The van der Waals surface area contributed by atoms with Crippen molar-refractivity contribution in [3.8, 4) is 0 Å². The van der Waals surface area contributed by atoms with Gasteiger partial charge in [0.25, 0.3) is 0 Å². The first-order valence-electron chi connectivity index (χ1n) is 9.53. The minimum atomic E-state index is -2.10. The zero-order chi connectivity index (χ0) is 21.8. The molecule has 8 heteroatoms. The van der Waals surface area contributed by atoms with E-state index < -0.39 is 64.8 Å². The minimum absolute atomic E-state index is 0.125. The lowest BCUT2D eigenvalue weighted by Crippen LogP contribution is -2.80. The van der Waals surface area contributed by atoms with Crippen molar-refractivity contribution in [1.82, 2.24) is 0 Å². The van der Waals surface area contributed by atoms with Gasteiger partial charge in [-0.2, -0.15) is 0 Å². The van der Waals surface area contributed by atoms with Gasteiger partial charge in [-0.15, -0.1) is 0 Å². The lowest BCUT2D eigenvalue weighted by atomic mass is 9.41. The van der Waals surface area contributed by atoms with E-state index >= 15 is 0 Å². The lowest BCUT2D eigenvalue weighted by Gasteiger charge is -2.65. The van der Waals surface area contributed by atoms with Crippen LogP contribution in [0.15, 0.2) is 35.6 Å². The first-order chi connectivity index (χ1) is 13.5. The normalized spacial score (nSPS) is 46.6. The number of ketones is 2. The Morgan fingerprint density at radius 1 is 1.28 bits per heavy atom. The predicted molar refractivity (Wildman–Crippen MR) is 102 cm³/mol. The van der Waals surface area contributed by atoms with Crippen LogP contribution in [0, 0.1) is 17.3 Å². The highest BCUT2D eigenvalue weighted by Crippen LogP contribution is 2.64. The molecule has 0 amide bonds. The van der Waals surface area contributed by atoms with Crippen LogP contribution in [-0.4, -0.2) is 69.3 Å². The summed E-state index contributed by atoms with van der Waals surface area (Å²) in [6, 6.07) is 0. The van der Waals surface area contributed by atoms with Gasteiger partial charge in [0, 0.05) is 25.0 Å². The summed E-state index contributed by atoms with van der Waals surface area (Å²) < 4.78 is 10.9. The van der Waals surface area contributed by atoms with E-state index in [9.17, 15) is 30.0 Å². The lowest BCUT2D eigenvalue weighted by molar-refractivity contribution is -0.338. The number of methoxy groups -OCH3 is 1. The molecule has 160 valence electrons. The average molecular weight is 408 g/mol. The third kappa shape index (κ3) is 2.70. The maximum atomic E-state index is 13.4. The van der Waals surface area contributed by atoms with Crippen molar-refractivity contribution in [3.05, 3.63) is 35.6 Å². The van der Waals surface area contributed by atoms with E-state index in [2.05, 4.69) is 0 Å². The van der Waals surface area contributed by atoms with E-state index in [-0.39, 0.29) is 12.0 Å². The number of carbonyl (C=O) groups is 2. The molecule has 4 rings (SSSR count). The van der Waals surface area contributed by atoms with Gasteiger partial charge in [0.1, 0.15) is 17.0 Å². The Morgan fingerprint density at radius 2 is 1.93 bits per heavy atom. The Morgan fingerprint density at radius 3 is 2.48 bits per heavy atom. The van der Waals surface area contributed by atoms with Gasteiger partial charge in [-0.1, -0.05) is 18.2 Å². The van der Waals surface area contributed by atoms with Gasteiger partial charge in [0.2, 0.25) is 0 Å². The second-order valence-corrected chi connectivity index (χ2v) is 8.43. The van der Waals surface area contributed by atoms with Crippen LogP contribution in [0.1, 0.15) is 27.2 Å². The van der Waals surface area contributed by atoms with Gasteiger partial charge in [0.15, 0.2) is 17.4 Å². The number of aliphatic hydroxyl groups is 4.